The molecule has 0 unspecified atom stereocenters. The van der Waals surface area contributed by atoms with Crippen LogP contribution in [0.4, 0.5) is 15.1 Å². The number of hydrogen-bond donors (Lipinski definition) is 1. The summed E-state index contributed by atoms with van der Waals surface area (Å²) in [5.74, 6) is -0.311. The van der Waals surface area contributed by atoms with Crippen LogP contribution < -0.4 is 11.3 Å². The van der Waals surface area contributed by atoms with Crippen molar-refractivity contribution in [1.29, 1.82) is 0 Å². The van der Waals surface area contributed by atoms with Gasteiger partial charge in [-0.15, -0.1) is 0 Å². The van der Waals surface area contributed by atoms with Crippen LogP contribution in [0, 0.1) is 19.7 Å². The summed E-state index contributed by atoms with van der Waals surface area (Å²) in [4.78, 5) is 31.2. The maximum absolute atomic E-state index is 14.0. The van der Waals surface area contributed by atoms with Crippen molar-refractivity contribution in [2.45, 2.75) is 53.2 Å². The van der Waals surface area contributed by atoms with Gasteiger partial charge in [-0.1, -0.05) is 0 Å². The summed E-state index contributed by atoms with van der Waals surface area (Å²) in [5.41, 5.74) is 7.46. The Morgan fingerprint density at radius 3 is 2.43 bits per heavy atom. The molecule has 0 radical (unpaired) electrons. The predicted molar refractivity (Wildman–Crippen MR) is 104 cm³/mol. The number of rotatable bonds is 1. The first-order valence-corrected chi connectivity index (χ1v) is 9.13. The van der Waals surface area contributed by atoms with Gasteiger partial charge in [0, 0.05) is 12.1 Å². The Balaban J connectivity index is 1.99. The van der Waals surface area contributed by atoms with Crippen LogP contribution in [0.1, 0.15) is 43.2 Å². The minimum absolute atomic E-state index is 0.000182. The molecule has 3 rings (SSSR count). The molecule has 1 aliphatic rings. The summed E-state index contributed by atoms with van der Waals surface area (Å²) in [6.07, 6.45) is -0.104. The fourth-order valence-electron chi connectivity index (χ4n) is 3.29. The number of anilines is 1. The molecule has 28 heavy (non-hydrogen) atoms. The summed E-state index contributed by atoms with van der Waals surface area (Å²) in [6, 6.07) is 3.15. The largest absolute Gasteiger partial charge is 0.444 e. The van der Waals surface area contributed by atoms with Gasteiger partial charge in [-0.25, -0.2) is 18.7 Å². The third-order valence-corrected chi connectivity index (χ3v) is 4.59. The third kappa shape index (κ3) is 3.72. The smallest absolute Gasteiger partial charge is 0.410 e. The Morgan fingerprint density at radius 2 is 1.86 bits per heavy atom. The van der Waals surface area contributed by atoms with Crippen LogP contribution in [-0.2, 0) is 17.7 Å². The highest BCUT2D eigenvalue weighted by Gasteiger charge is 2.29. The molecule has 0 fully saturated rings. The number of aryl methyl sites for hydroxylation is 2. The van der Waals surface area contributed by atoms with Crippen molar-refractivity contribution in [3.8, 4) is 5.69 Å². The molecule has 2 N–H and O–H groups in total. The number of fused-ring (bicyclic) bond motifs is 1. The first kappa shape index (κ1) is 19.9. The summed E-state index contributed by atoms with van der Waals surface area (Å²) < 4.78 is 20.6. The van der Waals surface area contributed by atoms with E-state index in [4.69, 9.17) is 10.5 Å². The van der Waals surface area contributed by atoms with E-state index in [0.29, 0.717) is 41.0 Å². The fraction of sp³-hybridized carbons (Fsp3) is 0.450. The van der Waals surface area contributed by atoms with Gasteiger partial charge >= 0.3 is 6.09 Å². The van der Waals surface area contributed by atoms with E-state index in [2.05, 4.69) is 4.98 Å². The molecule has 0 bridgehead atoms. The quantitative estimate of drug-likeness (QED) is 0.811. The zero-order valence-corrected chi connectivity index (χ0v) is 16.8. The van der Waals surface area contributed by atoms with Crippen LogP contribution in [-0.4, -0.2) is 32.7 Å². The van der Waals surface area contributed by atoms with Crippen molar-refractivity contribution in [3.05, 3.63) is 50.7 Å². The van der Waals surface area contributed by atoms with E-state index in [1.165, 1.54) is 9.47 Å². The van der Waals surface area contributed by atoms with Crippen LogP contribution in [0.15, 0.2) is 16.9 Å². The van der Waals surface area contributed by atoms with Crippen molar-refractivity contribution < 1.29 is 13.9 Å². The van der Waals surface area contributed by atoms with Crippen molar-refractivity contribution in [2.24, 2.45) is 0 Å². The number of halogens is 1. The zero-order chi connectivity index (χ0) is 20.8. The maximum Gasteiger partial charge on any atom is 0.410 e. The molecular weight excluding hydrogens is 363 g/mol. The highest BCUT2D eigenvalue weighted by atomic mass is 19.1. The van der Waals surface area contributed by atoms with Crippen molar-refractivity contribution in [2.75, 3.05) is 12.3 Å². The third-order valence-electron chi connectivity index (χ3n) is 4.59. The second-order valence-electron chi connectivity index (χ2n) is 8.08. The normalized spacial score (nSPS) is 14.0. The average molecular weight is 388 g/mol. The van der Waals surface area contributed by atoms with Gasteiger partial charge < -0.3 is 15.4 Å². The topological polar surface area (TPSA) is 90.5 Å². The Bertz CT molecular complexity index is 985. The number of carbonyl (C=O) groups is 1. The Morgan fingerprint density at radius 1 is 1.25 bits per heavy atom. The van der Waals surface area contributed by atoms with Crippen LogP contribution in [0.5, 0.6) is 0 Å². The summed E-state index contributed by atoms with van der Waals surface area (Å²) in [6.45, 7) is 9.17. The minimum atomic E-state index is -0.606. The number of amides is 1. The summed E-state index contributed by atoms with van der Waals surface area (Å²) in [7, 11) is 0. The molecule has 150 valence electrons. The number of nitrogens with zero attached hydrogens (tertiary/aromatic N) is 3. The lowest BCUT2D eigenvalue weighted by molar-refractivity contribution is 0.0220. The van der Waals surface area contributed by atoms with Gasteiger partial charge in [-0.05, 0) is 64.3 Å². The van der Waals surface area contributed by atoms with Crippen LogP contribution in [0.25, 0.3) is 5.69 Å². The van der Waals surface area contributed by atoms with Crippen LogP contribution in [0.2, 0.25) is 0 Å². The Hall–Kier alpha value is -2.90. The van der Waals surface area contributed by atoms with Gasteiger partial charge in [0.1, 0.15) is 11.4 Å². The lowest BCUT2D eigenvalue weighted by Gasteiger charge is -2.30. The molecule has 1 amide bonds. The van der Waals surface area contributed by atoms with E-state index >= 15 is 0 Å². The number of carbonyl (C=O) groups excluding carboxylic acids is 1. The minimum Gasteiger partial charge on any atom is -0.444 e. The molecule has 2 aromatic rings. The summed E-state index contributed by atoms with van der Waals surface area (Å²) in [5, 5.41) is 0. The van der Waals surface area contributed by atoms with Crippen LogP contribution >= 0.6 is 0 Å². The second-order valence-corrected chi connectivity index (χ2v) is 8.08. The molecule has 2 heterocycles. The molecule has 7 nitrogen and oxygen atoms in total. The molecule has 1 aromatic carbocycles. The highest BCUT2D eigenvalue weighted by molar-refractivity contribution is 5.68. The number of aromatic nitrogens is 2. The Labute approximate surface area is 162 Å². The van der Waals surface area contributed by atoms with Crippen LogP contribution in [0.3, 0.4) is 0 Å². The molecule has 1 aromatic heterocycles. The predicted octanol–water partition coefficient (Wildman–Crippen LogP) is 2.86. The number of nitrogen functional groups attached to an aromatic ring is 1. The maximum atomic E-state index is 14.0. The van der Waals surface area contributed by atoms with Gasteiger partial charge in [0.15, 0.2) is 0 Å². The van der Waals surface area contributed by atoms with Gasteiger partial charge in [-0.2, -0.15) is 0 Å². The Kier molecular flexibility index (Phi) is 4.91. The average Bonchev–Trinajstić information content (AvgIpc) is 2.57. The van der Waals surface area contributed by atoms with E-state index in [1.54, 1.807) is 46.8 Å². The summed E-state index contributed by atoms with van der Waals surface area (Å²) >= 11 is 0. The van der Waals surface area contributed by atoms with E-state index in [9.17, 15) is 14.0 Å². The molecule has 1 aliphatic heterocycles. The van der Waals surface area contributed by atoms with Crippen molar-refractivity contribution in [3.63, 3.8) is 0 Å². The number of benzene rings is 1. The lowest BCUT2D eigenvalue weighted by atomic mass is 10.1. The monoisotopic (exact) mass is 388 g/mol. The van der Waals surface area contributed by atoms with E-state index < -0.39 is 11.7 Å². The van der Waals surface area contributed by atoms with Crippen molar-refractivity contribution >= 4 is 12.0 Å². The fourth-order valence-corrected chi connectivity index (χ4v) is 3.29. The molecule has 8 heteroatoms. The molecule has 0 saturated heterocycles. The van der Waals surface area contributed by atoms with E-state index in [-0.39, 0.29) is 23.9 Å². The van der Waals surface area contributed by atoms with Gasteiger partial charge in [0.25, 0.3) is 5.56 Å². The number of nitrogens with two attached hydrogens (primary N) is 1. The highest BCUT2D eigenvalue weighted by Crippen LogP contribution is 2.22. The number of hydrogen-bond acceptors (Lipinski definition) is 5. The SMILES string of the molecule is Cc1cc(-n2c(N)nc3c(c2=O)CCN(C(=O)OC(C)(C)C)C3)cc(C)c1F. The molecule has 0 spiro atoms. The van der Waals surface area contributed by atoms with Gasteiger partial charge in [-0.3, -0.25) is 4.79 Å². The van der Waals surface area contributed by atoms with Gasteiger partial charge in [0.2, 0.25) is 5.95 Å². The molecule has 0 atom stereocenters. The molecule has 0 aliphatic carbocycles. The second kappa shape index (κ2) is 6.92. The molecular formula is C20H25FN4O3. The standard InChI is InChI=1S/C20H25FN4O3/c1-11-8-13(9-12(2)16(11)21)25-17(26)14-6-7-24(10-15(14)23-18(25)22)19(27)28-20(3,4)5/h8-9H,6-7,10H2,1-5H3,(H2,22,23). The lowest BCUT2D eigenvalue weighted by Crippen LogP contribution is -2.43. The van der Waals surface area contributed by atoms with E-state index in [1.807, 2.05) is 0 Å². The number of ether oxygens (including phenoxy) is 1. The first-order valence-electron chi connectivity index (χ1n) is 9.13. The first-order chi connectivity index (χ1) is 13.0. The van der Waals surface area contributed by atoms with E-state index in [0.717, 1.165) is 0 Å². The molecule has 0 saturated carbocycles. The zero-order valence-electron chi connectivity index (χ0n) is 16.8. The van der Waals surface area contributed by atoms with Crippen molar-refractivity contribution in [1.82, 2.24) is 14.5 Å². The van der Waals surface area contributed by atoms with Gasteiger partial charge in [0.05, 0.1) is 17.9 Å².